The molecular weight excluding hydrogens is 388 g/mol. The number of carbonyl (C=O) groups is 1. The lowest BCUT2D eigenvalue weighted by atomic mass is 10.1. The van der Waals surface area contributed by atoms with Crippen molar-refractivity contribution in [2.75, 3.05) is 12.4 Å². The summed E-state index contributed by atoms with van der Waals surface area (Å²) in [7, 11) is 1.21. The SMILES string of the molecule is COC(=O)c1ccc(Nc2cccc(N=Nc3ccc(O)cc3C)c2)c([N+](=O)[O-])c1. The standard InChI is InChI=1S/C21H18N4O5/c1-13-10-17(26)7-9-18(13)24-23-16-5-3-4-15(12-16)22-19-8-6-14(21(27)30-2)11-20(19)25(28)29/h3-12,22,26H,1-2H3. The topological polar surface area (TPSA) is 126 Å². The molecule has 0 aliphatic carbocycles. The quantitative estimate of drug-likeness (QED) is 0.239. The summed E-state index contributed by atoms with van der Waals surface area (Å²) in [4.78, 5) is 22.5. The van der Waals surface area contributed by atoms with Gasteiger partial charge in [-0.3, -0.25) is 10.1 Å². The van der Waals surface area contributed by atoms with Gasteiger partial charge in [-0.25, -0.2) is 4.79 Å². The smallest absolute Gasteiger partial charge is 0.338 e. The van der Waals surface area contributed by atoms with E-state index in [2.05, 4.69) is 20.3 Å². The van der Waals surface area contributed by atoms with E-state index in [1.54, 1.807) is 36.4 Å². The Hall–Kier alpha value is -4.27. The number of nitrogens with one attached hydrogen (secondary N) is 1. The number of nitro benzene ring substituents is 1. The van der Waals surface area contributed by atoms with Crippen LogP contribution in [-0.2, 0) is 4.74 Å². The molecule has 3 aromatic carbocycles. The van der Waals surface area contributed by atoms with Gasteiger partial charge in [-0.1, -0.05) is 6.07 Å². The minimum absolute atomic E-state index is 0.0848. The van der Waals surface area contributed by atoms with Crippen molar-refractivity contribution in [3.63, 3.8) is 0 Å². The van der Waals surface area contributed by atoms with Crippen LogP contribution in [0.4, 0.5) is 28.4 Å². The Morgan fingerprint density at radius 2 is 1.90 bits per heavy atom. The van der Waals surface area contributed by atoms with E-state index >= 15 is 0 Å². The predicted molar refractivity (Wildman–Crippen MR) is 111 cm³/mol. The fraction of sp³-hybridized carbons (Fsp3) is 0.0952. The van der Waals surface area contributed by atoms with Gasteiger partial charge in [0.2, 0.25) is 0 Å². The van der Waals surface area contributed by atoms with Crippen LogP contribution in [0.3, 0.4) is 0 Å². The second kappa shape index (κ2) is 8.82. The number of carbonyl (C=O) groups excluding carboxylic acids is 1. The Morgan fingerprint density at radius 3 is 2.60 bits per heavy atom. The van der Waals surface area contributed by atoms with Crippen molar-refractivity contribution >= 4 is 34.4 Å². The van der Waals surface area contributed by atoms with Crippen molar-refractivity contribution in [1.82, 2.24) is 0 Å². The molecule has 0 radical (unpaired) electrons. The van der Waals surface area contributed by atoms with Gasteiger partial charge in [-0.05, 0) is 61.0 Å². The summed E-state index contributed by atoms with van der Waals surface area (Å²) in [6.45, 7) is 1.81. The maximum absolute atomic E-state index is 11.6. The number of anilines is 2. The van der Waals surface area contributed by atoms with Crippen LogP contribution >= 0.6 is 0 Å². The number of nitro groups is 1. The first-order valence-corrected chi connectivity index (χ1v) is 8.82. The molecule has 3 rings (SSSR count). The number of esters is 1. The minimum Gasteiger partial charge on any atom is -0.508 e. The van der Waals surface area contributed by atoms with Crippen molar-refractivity contribution in [3.05, 3.63) is 81.9 Å². The van der Waals surface area contributed by atoms with Crippen molar-refractivity contribution in [1.29, 1.82) is 0 Å². The van der Waals surface area contributed by atoms with Crippen LogP contribution in [0.1, 0.15) is 15.9 Å². The summed E-state index contributed by atoms with van der Waals surface area (Å²) >= 11 is 0. The zero-order valence-electron chi connectivity index (χ0n) is 16.2. The van der Waals surface area contributed by atoms with Crippen LogP contribution in [0.15, 0.2) is 70.9 Å². The Labute approximate surface area is 171 Å². The van der Waals surface area contributed by atoms with E-state index < -0.39 is 10.9 Å². The number of phenols is 1. The molecule has 3 aromatic rings. The van der Waals surface area contributed by atoms with Crippen LogP contribution in [0.25, 0.3) is 0 Å². The van der Waals surface area contributed by atoms with Crippen molar-refractivity contribution in [3.8, 4) is 5.75 Å². The first kappa shape index (κ1) is 20.5. The molecular formula is C21H18N4O5. The Balaban J connectivity index is 1.85. The maximum atomic E-state index is 11.6. The summed E-state index contributed by atoms with van der Waals surface area (Å²) in [5.41, 5.74) is 2.51. The van der Waals surface area contributed by atoms with Gasteiger partial charge in [-0.2, -0.15) is 10.2 Å². The van der Waals surface area contributed by atoms with E-state index in [1.165, 1.54) is 25.3 Å². The number of hydrogen-bond acceptors (Lipinski definition) is 8. The number of aryl methyl sites for hydroxylation is 1. The number of ether oxygens (including phenoxy) is 1. The third-order valence-electron chi connectivity index (χ3n) is 4.19. The molecule has 0 saturated carbocycles. The van der Waals surface area contributed by atoms with Gasteiger partial charge >= 0.3 is 5.97 Å². The summed E-state index contributed by atoms with van der Waals surface area (Å²) in [5, 5.41) is 32.2. The zero-order valence-corrected chi connectivity index (χ0v) is 16.2. The number of benzene rings is 3. The number of hydrogen-bond donors (Lipinski definition) is 2. The van der Waals surface area contributed by atoms with Crippen LogP contribution in [0.5, 0.6) is 5.75 Å². The molecule has 0 unspecified atom stereocenters. The monoisotopic (exact) mass is 406 g/mol. The predicted octanol–water partition coefficient (Wildman–Crippen LogP) is 5.55. The highest BCUT2D eigenvalue weighted by atomic mass is 16.6. The number of phenolic OH excluding ortho intramolecular Hbond substituents is 1. The maximum Gasteiger partial charge on any atom is 0.338 e. The number of nitrogens with zero attached hydrogens (tertiary/aromatic N) is 3. The molecule has 0 aromatic heterocycles. The molecule has 30 heavy (non-hydrogen) atoms. The van der Waals surface area contributed by atoms with E-state index in [4.69, 9.17) is 0 Å². The van der Waals surface area contributed by atoms with E-state index in [0.717, 1.165) is 11.6 Å². The van der Waals surface area contributed by atoms with Crippen molar-refractivity contribution in [2.45, 2.75) is 6.92 Å². The lowest BCUT2D eigenvalue weighted by molar-refractivity contribution is -0.383. The van der Waals surface area contributed by atoms with E-state index in [0.29, 0.717) is 17.1 Å². The highest BCUT2D eigenvalue weighted by Gasteiger charge is 2.18. The molecule has 0 atom stereocenters. The second-order valence-corrected chi connectivity index (χ2v) is 6.33. The third kappa shape index (κ3) is 4.76. The van der Waals surface area contributed by atoms with Gasteiger partial charge in [0.1, 0.15) is 11.4 Å². The number of rotatable bonds is 6. The first-order valence-electron chi connectivity index (χ1n) is 8.82. The normalized spacial score (nSPS) is 10.7. The molecule has 0 heterocycles. The molecule has 0 fully saturated rings. The molecule has 0 amide bonds. The van der Waals surface area contributed by atoms with Crippen LogP contribution in [0.2, 0.25) is 0 Å². The molecule has 0 aliphatic heterocycles. The number of aromatic hydroxyl groups is 1. The molecule has 0 spiro atoms. The highest BCUT2D eigenvalue weighted by molar-refractivity contribution is 5.91. The third-order valence-corrected chi connectivity index (χ3v) is 4.19. The lowest BCUT2D eigenvalue weighted by Gasteiger charge is -2.09. The molecule has 2 N–H and O–H groups in total. The van der Waals surface area contributed by atoms with Gasteiger partial charge < -0.3 is 15.2 Å². The number of azo groups is 1. The summed E-state index contributed by atoms with van der Waals surface area (Å²) < 4.78 is 4.60. The van der Waals surface area contributed by atoms with Crippen LogP contribution < -0.4 is 5.32 Å². The van der Waals surface area contributed by atoms with Crippen LogP contribution in [0, 0.1) is 17.0 Å². The van der Waals surface area contributed by atoms with E-state index in [-0.39, 0.29) is 22.7 Å². The average molecular weight is 406 g/mol. The van der Waals surface area contributed by atoms with Crippen molar-refractivity contribution < 1.29 is 19.6 Å². The van der Waals surface area contributed by atoms with E-state index in [1.807, 2.05) is 6.92 Å². The Bertz CT molecular complexity index is 1140. The second-order valence-electron chi connectivity index (χ2n) is 6.33. The van der Waals surface area contributed by atoms with Gasteiger partial charge in [-0.15, -0.1) is 0 Å². The molecule has 0 saturated heterocycles. The minimum atomic E-state index is -0.656. The van der Waals surface area contributed by atoms with E-state index in [9.17, 15) is 20.0 Å². The number of methoxy groups -OCH3 is 1. The van der Waals surface area contributed by atoms with Crippen LogP contribution in [-0.4, -0.2) is 23.1 Å². The van der Waals surface area contributed by atoms with Crippen molar-refractivity contribution in [2.24, 2.45) is 10.2 Å². The van der Waals surface area contributed by atoms with Gasteiger partial charge in [0.05, 0.1) is 29.0 Å². The molecule has 9 nitrogen and oxygen atoms in total. The Kier molecular flexibility index (Phi) is 6.02. The van der Waals surface area contributed by atoms with Gasteiger partial charge in [0, 0.05) is 11.8 Å². The zero-order chi connectivity index (χ0) is 21.7. The Morgan fingerprint density at radius 1 is 1.10 bits per heavy atom. The molecule has 152 valence electrons. The first-order chi connectivity index (χ1) is 14.4. The largest absolute Gasteiger partial charge is 0.508 e. The fourth-order valence-electron chi connectivity index (χ4n) is 2.70. The highest BCUT2D eigenvalue weighted by Crippen LogP contribution is 2.31. The molecule has 0 aliphatic rings. The van der Waals surface area contributed by atoms with Gasteiger partial charge in [0.25, 0.3) is 5.69 Å². The summed E-state index contributed by atoms with van der Waals surface area (Å²) in [5.74, 6) is -0.506. The average Bonchev–Trinajstić information content (AvgIpc) is 2.73. The summed E-state index contributed by atoms with van der Waals surface area (Å²) in [6, 6.07) is 15.7. The molecule has 0 bridgehead atoms. The van der Waals surface area contributed by atoms with Gasteiger partial charge in [0.15, 0.2) is 0 Å². The lowest BCUT2D eigenvalue weighted by Crippen LogP contribution is -2.04. The summed E-state index contributed by atoms with van der Waals surface area (Å²) in [6.07, 6.45) is 0. The fourth-order valence-corrected chi connectivity index (χ4v) is 2.70. The molecule has 9 heteroatoms.